The summed E-state index contributed by atoms with van der Waals surface area (Å²) in [6.07, 6.45) is 1.55. The van der Waals surface area contributed by atoms with Gasteiger partial charge in [0.2, 0.25) is 0 Å². The van der Waals surface area contributed by atoms with Crippen LogP contribution in [-0.4, -0.2) is 15.7 Å². The van der Waals surface area contributed by atoms with E-state index in [0.29, 0.717) is 15.6 Å². The van der Waals surface area contributed by atoms with Crippen molar-refractivity contribution in [2.24, 2.45) is 0 Å². The number of aryl methyl sites for hydroxylation is 1. The van der Waals surface area contributed by atoms with Crippen molar-refractivity contribution in [3.8, 4) is 5.69 Å². The number of nitrogens with zero attached hydrogens (tertiary/aromatic N) is 2. The van der Waals surface area contributed by atoms with E-state index in [-0.39, 0.29) is 5.91 Å². The van der Waals surface area contributed by atoms with Crippen LogP contribution in [0.3, 0.4) is 0 Å². The van der Waals surface area contributed by atoms with Crippen LogP contribution in [0.4, 0.5) is 5.69 Å². The summed E-state index contributed by atoms with van der Waals surface area (Å²) < 4.78 is 1.69. The zero-order chi connectivity index (χ0) is 17.3. The molecule has 0 fully saturated rings. The molecule has 0 bridgehead atoms. The lowest BCUT2D eigenvalue weighted by Gasteiger charge is -2.09. The van der Waals surface area contributed by atoms with E-state index < -0.39 is 0 Å². The topological polar surface area (TPSA) is 46.9 Å². The van der Waals surface area contributed by atoms with E-state index in [9.17, 15) is 4.79 Å². The second-order valence-electron chi connectivity index (χ2n) is 5.45. The lowest BCUT2D eigenvalue weighted by Crippen LogP contribution is -2.14. The molecule has 0 saturated heterocycles. The van der Waals surface area contributed by atoms with Gasteiger partial charge < -0.3 is 5.32 Å². The second-order valence-corrected chi connectivity index (χ2v) is 6.32. The Labute approximate surface area is 150 Å². The molecule has 0 atom stereocenters. The SMILES string of the molecule is Cc1cc(Cl)ccc1NC(=O)c1cnn(-c2cccc(Cl)c2)c1C. The van der Waals surface area contributed by atoms with E-state index >= 15 is 0 Å². The third-order valence-electron chi connectivity index (χ3n) is 3.74. The van der Waals surface area contributed by atoms with E-state index in [4.69, 9.17) is 23.2 Å². The largest absolute Gasteiger partial charge is 0.322 e. The van der Waals surface area contributed by atoms with Gasteiger partial charge in [-0.15, -0.1) is 0 Å². The summed E-state index contributed by atoms with van der Waals surface area (Å²) in [5.41, 5.74) is 3.67. The number of hydrogen-bond acceptors (Lipinski definition) is 2. The molecule has 122 valence electrons. The molecule has 1 heterocycles. The lowest BCUT2D eigenvalue weighted by molar-refractivity contribution is 0.102. The fourth-order valence-electron chi connectivity index (χ4n) is 2.46. The van der Waals surface area contributed by atoms with Crippen LogP contribution in [0, 0.1) is 13.8 Å². The molecule has 6 heteroatoms. The highest BCUT2D eigenvalue weighted by Gasteiger charge is 2.16. The first-order chi connectivity index (χ1) is 11.5. The van der Waals surface area contributed by atoms with Gasteiger partial charge in [-0.05, 0) is 55.8 Å². The Morgan fingerprint density at radius 2 is 1.83 bits per heavy atom. The van der Waals surface area contributed by atoms with Gasteiger partial charge in [0.25, 0.3) is 5.91 Å². The Morgan fingerprint density at radius 3 is 2.54 bits per heavy atom. The highest BCUT2D eigenvalue weighted by atomic mass is 35.5. The van der Waals surface area contributed by atoms with Crippen LogP contribution < -0.4 is 5.32 Å². The van der Waals surface area contributed by atoms with Crippen LogP contribution in [0.2, 0.25) is 10.0 Å². The van der Waals surface area contributed by atoms with Crippen molar-refractivity contribution in [2.45, 2.75) is 13.8 Å². The zero-order valence-electron chi connectivity index (χ0n) is 13.2. The number of carbonyl (C=O) groups is 1. The molecule has 2 aromatic carbocycles. The van der Waals surface area contributed by atoms with Crippen molar-refractivity contribution in [3.05, 3.63) is 75.5 Å². The van der Waals surface area contributed by atoms with Crippen molar-refractivity contribution < 1.29 is 4.79 Å². The van der Waals surface area contributed by atoms with Crippen molar-refractivity contribution in [2.75, 3.05) is 5.32 Å². The standard InChI is InChI=1S/C18H15Cl2N3O/c1-11-8-14(20)6-7-17(11)22-18(24)16-10-21-23(12(16)2)15-5-3-4-13(19)9-15/h3-10H,1-2H3,(H,22,24). The number of carbonyl (C=O) groups excluding carboxylic acids is 1. The summed E-state index contributed by atoms with van der Waals surface area (Å²) >= 11 is 12.0. The quantitative estimate of drug-likeness (QED) is 0.711. The molecule has 0 aliphatic rings. The Hall–Kier alpha value is -2.30. The van der Waals surface area contributed by atoms with Crippen molar-refractivity contribution in [1.29, 1.82) is 0 Å². The molecule has 0 unspecified atom stereocenters. The summed E-state index contributed by atoms with van der Waals surface area (Å²) in [6.45, 7) is 3.74. The Balaban J connectivity index is 1.89. The minimum atomic E-state index is -0.216. The van der Waals surface area contributed by atoms with Crippen molar-refractivity contribution in [3.63, 3.8) is 0 Å². The van der Waals surface area contributed by atoms with Gasteiger partial charge in [-0.3, -0.25) is 4.79 Å². The van der Waals surface area contributed by atoms with Gasteiger partial charge in [0, 0.05) is 15.7 Å². The molecule has 4 nitrogen and oxygen atoms in total. The summed E-state index contributed by atoms with van der Waals surface area (Å²) in [5, 5.41) is 8.45. The molecule has 3 rings (SSSR count). The first-order valence-electron chi connectivity index (χ1n) is 7.34. The Bertz CT molecular complexity index is 918. The van der Waals surface area contributed by atoms with Crippen LogP contribution >= 0.6 is 23.2 Å². The van der Waals surface area contributed by atoms with Gasteiger partial charge in [0.1, 0.15) is 0 Å². The molecule has 1 N–H and O–H groups in total. The molecule has 0 aliphatic heterocycles. The van der Waals surface area contributed by atoms with E-state index in [2.05, 4.69) is 10.4 Å². The fourth-order valence-corrected chi connectivity index (χ4v) is 2.87. The predicted molar refractivity (Wildman–Crippen MR) is 97.5 cm³/mol. The second kappa shape index (κ2) is 6.67. The maximum Gasteiger partial charge on any atom is 0.259 e. The summed E-state index contributed by atoms with van der Waals surface area (Å²) in [6, 6.07) is 12.7. The predicted octanol–water partition coefficient (Wildman–Crippen LogP) is 5.05. The Kier molecular flexibility index (Phi) is 4.60. The number of anilines is 1. The number of amides is 1. The monoisotopic (exact) mass is 359 g/mol. The summed E-state index contributed by atoms with van der Waals surface area (Å²) in [4.78, 5) is 12.6. The average Bonchev–Trinajstić information content (AvgIpc) is 2.92. The molecular weight excluding hydrogens is 345 g/mol. The van der Waals surface area contributed by atoms with E-state index in [0.717, 1.165) is 22.6 Å². The van der Waals surface area contributed by atoms with E-state index in [1.807, 2.05) is 26.0 Å². The molecule has 3 aromatic rings. The van der Waals surface area contributed by atoms with E-state index in [1.54, 1.807) is 41.2 Å². The van der Waals surface area contributed by atoms with Gasteiger partial charge in [-0.25, -0.2) is 4.68 Å². The minimum absolute atomic E-state index is 0.216. The maximum atomic E-state index is 12.6. The van der Waals surface area contributed by atoms with Crippen LogP contribution in [-0.2, 0) is 0 Å². The van der Waals surface area contributed by atoms with Crippen LogP contribution in [0.1, 0.15) is 21.6 Å². The molecule has 0 radical (unpaired) electrons. The normalized spacial score (nSPS) is 10.7. The third kappa shape index (κ3) is 3.30. The number of nitrogens with one attached hydrogen (secondary N) is 1. The number of halogens is 2. The lowest BCUT2D eigenvalue weighted by atomic mass is 10.2. The third-order valence-corrected chi connectivity index (χ3v) is 4.21. The zero-order valence-corrected chi connectivity index (χ0v) is 14.7. The molecule has 1 aromatic heterocycles. The smallest absolute Gasteiger partial charge is 0.259 e. The van der Waals surface area contributed by atoms with Gasteiger partial charge in [-0.1, -0.05) is 29.3 Å². The fraction of sp³-hybridized carbons (Fsp3) is 0.111. The van der Waals surface area contributed by atoms with Crippen LogP contribution in [0.5, 0.6) is 0 Å². The first-order valence-corrected chi connectivity index (χ1v) is 8.09. The van der Waals surface area contributed by atoms with Gasteiger partial charge in [-0.2, -0.15) is 5.10 Å². The first kappa shape index (κ1) is 16.6. The van der Waals surface area contributed by atoms with Crippen molar-refractivity contribution >= 4 is 34.8 Å². The molecule has 1 amide bonds. The van der Waals surface area contributed by atoms with Gasteiger partial charge >= 0.3 is 0 Å². The van der Waals surface area contributed by atoms with Crippen LogP contribution in [0.25, 0.3) is 5.69 Å². The molecule has 24 heavy (non-hydrogen) atoms. The molecule has 0 aliphatic carbocycles. The van der Waals surface area contributed by atoms with Crippen molar-refractivity contribution in [1.82, 2.24) is 9.78 Å². The minimum Gasteiger partial charge on any atom is -0.322 e. The highest BCUT2D eigenvalue weighted by molar-refractivity contribution is 6.31. The summed E-state index contributed by atoms with van der Waals surface area (Å²) in [5.74, 6) is -0.216. The molecule has 0 spiro atoms. The average molecular weight is 360 g/mol. The van der Waals surface area contributed by atoms with E-state index in [1.165, 1.54) is 0 Å². The number of benzene rings is 2. The van der Waals surface area contributed by atoms with Gasteiger partial charge in [0.05, 0.1) is 23.1 Å². The highest BCUT2D eigenvalue weighted by Crippen LogP contribution is 2.22. The Morgan fingerprint density at radius 1 is 1.08 bits per heavy atom. The number of rotatable bonds is 3. The summed E-state index contributed by atoms with van der Waals surface area (Å²) in [7, 11) is 0. The molecular formula is C18H15Cl2N3O. The molecule has 0 saturated carbocycles. The number of hydrogen-bond donors (Lipinski definition) is 1. The van der Waals surface area contributed by atoms with Crippen LogP contribution in [0.15, 0.2) is 48.7 Å². The number of aromatic nitrogens is 2. The maximum absolute atomic E-state index is 12.6. The van der Waals surface area contributed by atoms with Gasteiger partial charge in [0.15, 0.2) is 0 Å².